The number of fused-ring (bicyclic) bond motifs is 1. The summed E-state index contributed by atoms with van der Waals surface area (Å²) < 4.78 is 4.75. The van der Waals surface area contributed by atoms with Crippen molar-refractivity contribution in [2.24, 2.45) is 5.92 Å². The third-order valence-electron chi connectivity index (χ3n) is 3.45. The molecular weight excluding hydrogens is 316 g/mol. The molecule has 5 nitrogen and oxygen atoms in total. The number of para-hydroxylation sites is 1. The second-order valence-electron chi connectivity index (χ2n) is 5.68. The van der Waals surface area contributed by atoms with Gasteiger partial charge in [0.15, 0.2) is 0 Å². The third-order valence-corrected chi connectivity index (χ3v) is 3.86. The predicted molar refractivity (Wildman–Crippen MR) is 89.5 cm³/mol. The number of methoxy groups -OCH3 is 1. The molecule has 0 aliphatic rings. The molecule has 1 N–H and O–H groups in total. The van der Waals surface area contributed by atoms with Crippen molar-refractivity contribution in [3.63, 3.8) is 0 Å². The van der Waals surface area contributed by atoms with Crippen LogP contribution < -0.4 is 5.32 Å². The van der Waals surface area contributed by atoms with Crippen molar-refractivity contribution in [1.29, 1.82) is 0 Å². The monoisotopic (exact) mass is 334 g/mol. The summed E-state index contributed by atoms with van der Waals surface area (Å²) in [5, 5.41) is 3.70. The van der Waals surface area contributed by atoms with E-state index in [0.717, 1.165) is 0 Å². The number of nitrogens with zero attached hydrogens (tertiary/aromatic N) is 1. The van der Waals surface area contributed by atoms with Crippen molar-refractivity contribution in [2.45, 2.75) is 26.3 Å². The molecule has 0 aliphatic carbocycles. The van der Waals surface area contributed by atoms with Crippen LogP contribution in [0.5, 0.6) is 0 Å². The van der Waals surface area contributed by atoms with Crippen molar-refractivity contribution < 1.29 is 14.3 Å². The first-order chi connectivity index (χ1) is 10.9. The second-order valence-corrected chi connectivity index (χ2v) is 6.06. The van der Waals surface area contributed by atoms with E-state index in [1.807, 2.05) is 32.0 Å². The van der Waals surface area contributed by atoms with Crippen LogP contribution in [0.4, 0.5) is 0 Å². The zero-order valence-corrected chi connectivity index (χ0v) is 14.1. The summed E-state index contributed by atoms with van der Waals surface area (Å²) in [6.07, 6.45) is 1.90. The molecule has 0 radical (unpaired) electrons. The normalized spacial score (nSPS) is 12.2. The van der Waals surface area contributed by atoms with Crippen molar-refractivity contribution in [3.05, 3.63) is 41.0 Å². The number of carbonyl (C=O) groups is 2. The summed E-state index contributed by atoms with van der Waals surface area (Å²) in [5.74, 6) is -0.689. The van der Waals surface area contributed by atoms with Gasteiger partial charge < -0.3 is 10.1 Å². The first-order valence-corrected chi connectivity index (χ1v) is 7.73. The third kappa shape index (κ3) is 3.99. The van der Waals surface area contributed by atoms with Gasteiger partial charge in [-0.15, -0.1) is 0 Å². The number of halogens is 1. The van der Waals surface area contributed by atoms with E-state index >= 15 is 0 Å². The zero-order chi connectivity index (χ0) is 17.0. The fourth-order valence-corrected chi connectivity index (χ4v) is 2.62. The number of carbonyl (C=O) groups excluding carboxylic acids is 2. The Morgan fingerprint density at radius 1 is 1.30 bits per heavy atom. The number of nitrogens with one attached hydrogen (secondary N) is 1. The Kier molecular flexibility index (Phi) is 5.55. The lowest BCUT2D eigenvalue weighted by Gasteiger charge is -2.18. The van der Waals surface area contributed by atoms with Crippen LogP contribution in [0.3, 0.4) is 0 Å². The van der Waals surface area contributed by atoms with Crippen LogP contribution in [0.15, 0.2) is 30.5 Å². The summed E-state index contributed by atoms with van der Waals surface area (Å²) in [4.78, 5) is 28.5. The lowest BCUT2D eigenvalue weighted by Crippen LogP contribution is -2.42. The van der Waals surface area contributed by atoms with E-state index in [2.05, 4.69) is 10.3 Å². The fourth-order valence-electron chi connectivity index (χ4n) is 2.33. The van der Waals surface area contributed by atoms with Gasteiger partial charge in [0.1, 0.15) is 6.04 Å². The number of benzene rings is 1. The molecule has 0 bridgehead atoms. The summed E-state index contributed by atoms with van der Waals surface area (Å²) in [7, 11) is 1.30. The van der Waals surface area contributed by atoms with Crippen LogP contribution in [-0.2, 0) is 9.53 Å². The molecule has 2 rings (SSSR count). The quantitative estimate of drug-likeness (QED) is 0.852. The highest BCUT2D eigenvalue weighted by Gasteiger charge is 2.24. The van der Waals surface area contributed by atoms with E-state index < -0.39 is 17.9 Å². The number of ether oxygens (including phenoxy) is 1. The zero-order valence-electron chi connectivity index (χ0n) is 13.3. The van der Waals surface area contributed by atoms with Crippen LogP contribution >= 0.6 is 11.6 Å². The highest BCUT2D eigenvalue weighted by molar-refractivity contribution is 6.38. The molecule has 0 saturated carbocycles. The Labute approximate surface area is 140 Å². The molecule has 23 heavy (non-hydrogen) atoms. The Hall–Kier alpha value is -2.14. The Bertz CT molecular complexity index is 731. The average Bonchev–Trinajstić information content (AvgIpc) is 2.53. The molecular formula is C17H19ClN2O3. The maximum absolute atomic E-state index is 12.5. The van der Waals surface area contributed by atoms with Crippen molar-refractivity contribution >= 4 is 34.4 Å². The summed E-state index contributed by atoms with van der Waals surface area (Å²) >= 11 is 6.32. The molecule has 1 aromatic carbocycles. The molecule has 6 heteroatoms. The summed E-state index contributed by atoms with van der Waals surface area (Å²) in [5.41, 5.74) is 0.948. The minimum absolute atomic E-state index is 0.226. The van der Waals surface area contributed by atoms with Crippen molar-refractivity contribution in [2.75, 3.05) is 7.11 Å². The Morgan fingerprint density at radius 3 is 2.65 bits per heavy atom. The van der Waals surface area contributed by atoms with Gasteiger partial charge in [-0.3, -0.25) is 9.78 Å². The average molecular weight is 335 g/mol. The molecule has 1 atom stereocenters. The second kappa shape index (κ2) is 7.42. The summed E-state index contributed by atoms with van der Waals surface area (Å²) in [6.45, 7) is 3.93. The van der Waals surface area contributed by atoms with Crippen molar-refractivity contribution in [1.82, 2.24) is 10.3 Å². The number of esters is 1. The van der Waals surface area contributed by atoms with Crippen LogP contribution in [0, 0.1) is 5.92 Å². The van der Waals surface area contributed by atoms with E-state index in [1.54, 1.807) is 6.07 Å². The van der Waals surface area contributed by atoms with Gasteiger partial charge in [0, 0.05) is 11.6 Å². The standard InChI is InChI=1S/C17H19ClN2O3/c1-10(2)8-14(17(22)23-3)20-16(21)12-9-19-13-7-5-4-6-11(13)15(12)18/h4-7,9-10,14H,8H2,1-3H3,(H,20,21)/t14-/m0/s1. The van der Waals surface area contributed by atoms with Crippen LogP contribution in [-0.4, -0.2) is 30.0 Å². The van der Waals surface area contributed by atoms with Gasteiger partial charge in [-0.1, -0.05) is 43.6 Å². The SMILES string of the molecule is COC(=O)[C@H](CC(C)C)NC(=O)c1cnc2ccccc2c1Cl. The molecule has 0 spiro atoms. The van der Waals surface area contributed by atoms with Gasteiger partial charge in [0.2, 0.25) is 0 Å². The molecule has 0 aliphatic heterocycles. The van der Waals surface area contributed by atoms with Gasteiger partial charge in [0.05, 0.1) is 23.2 Å². The van der Waals surface area contributed by atoms with Gasteiger partial charge in [-0.25, -0.2) is 4.79 Å². The maximum atomic E-state index is 12.5. The highest BCUT2D eigenvalue weighted by Crippen LogP contribution is 2.25. The molecule has 2 aromatic rings. The van der Waals surface area contributed by atoms with E-state index in [9.17, 15) is 9.59 Å². The van der Waals surface area contributed by atoms with Gasteiger partial charge >= 0.3 is 5.97 Å². The minimum Gasteiger partial charge on any atom is -0.467 e. The van der Waals surface area contributed by atoms with E-state index in [4.69, 9.17) is 16.3 Å². The van der Waals surface area contributed by atoms with Crippen LogP contribution in [0.1, 0.15) is 30.6 Å². The van der Waals surface area contributed by atoms with E-state index in [1.165, 1.54) is 13.3 Å². The molecule has 0 unspecified atom stereocenters. The summed E-state index contributed by atoms with van der Waals surface area (Å²) in [6, 6.07) is 6.58. The molecule has 1 amide bonds. The molecule has 1 aromatic heterocycles. The van der Waals surface area contributed by atoms with E-state index in [-0.39, 0.29) is 11.5 Å². The van der Waals surface area contributed by atoms with Crippen LogP contribution in [0.2, 0.25) is 5.02 Å². The maximum Gasteiger partial charge on any atom is 0.328 e. The first kappa shape index (κ1) is 17.2. The van der Waals surface area contributed by atoms with Gasteiger partial charge in [-0.05, 0) is 18.4 Å². The van der Waals surface area contributed by atoms with Gasteiger partial charge in [0.25, 0.3) is 5.91 Å². The number of pyridine rings is 1. The topological polar surface area (TPSA) is 68.3 Å². The van der Waals surface area contributed by atoms with Crippen molar-refractivity contribution in [3.8, 4) is 0 Å². The first-order valence-electron chi connectivity index (χ1n) is 7.36. The smallest absolute Gasteiger partial charge is 0.328 e. The predicted octanol–water partition coefficient (Wildman–Crippen LogP) is 3.21. The van der Waals surface area contributed by atoms with E-state index in [0.29, 0.717) is 22.3 Å². The fraction of sp³-hybridized carbons (Fsp3) is 0.353. The highest BCUT2D eigenvalue weighted by atomic mass is 35.5. The van der Waals surface area contributed by atoms with Gasteiger partial charge in [-0.2, -0.15) is 0 Å². The molecule has 0 saturated heterocycles. The molecule has 122 valence electrons. The van der Waals surface area contributed by atoms with Crippen LogP contribution in [0.25, 0.3) is 10.9 Å². The lowest BCUT2D eigenvalue weighted by molar-refractivity contribution is -0.143. The molecule has 1 heterocycles. The lowest BCUT2D eigenvalue weighted by atomic mass is 10.0. The Balaban J connectivity index is 2.28. The number of amides is 1. The molecule has 0 fully saturated rings. The number of rotatable bonds is 5. The number of aromatic nitrogens is 1. The largest absolute Gasteiger partial charge is 0.467 e. The Morgan fingerprint density at radius 2 is 2.00 bits per heavy atom. The number of hydrogen-bond acceptors (Lipinski definition) is 4. The number of hydrogen-bond donors (Lipinski definition) is 1. The minimum atomic E-state index is -0.713.